The average Bonchev–Trinajstić information content (AvgIpc) is 2.46. The van der Waals surface area contributed by atoms with Gasteiger partial charge in [-0.1, -0.05) is 6.92 Å². The molecule has 0 aliphatic heterocycles. The summed E-state index contributed by atoms with van der Waals surface area (Å²) < 4.78 is 0. The molecule has 0 atom stereocenters. The smallest absolute Gasteiger partial charge is 0.0501 e. The van der Waals surface area contributed by atoms with Crippen LogP contribution < -0.4 is 0 Å². The Morgan fingerprint density at radius 1 is 1.12 bits per heavy atom. The minimum absolute atomic E-state index is 0.271. The van der Waals surface area contributed by atoms with Gasteiger partial charge in [0.15, 0.2) is 0 Å². The lowest BCUT2D eigenvalue weighted by atomic mass is 10.0. The minimum atomic E-state index is 0.271. The summed E-state index contributed by atoms with van der Waals surface area (Å²) in [5.74, 6) is 0. The number of rotatable bonds is 1. The lowest BCUT2D eigenvalue weighted by Crippen LogP contribution is -2.12. The first-order valence-electron chi connectivity index (χ1n) is 3.35. The monoisotopic (exact) mass is 130 g/mol. The summed E-state index contributed by atoms with van der Waals surface area (Å²) in [4.78, 5) is 0.271. The van der Waals surface area contributed by atoms with Crippen LogP contribution in [0.15, 0.2) is 0 Å². The van der Waals surface area contributed by atoms with Crippen molar-refractivity contribution < 1.29 is 0 Å². The Morgan fingerprint density at radius 3 is 1.75 bits per heavy atom. The SMILES string of the molecule is CC1(C2(Cl)CC2)CC1. The second-order valence-electron chi connectivity index (χ2n) is 3.53. The van der Waals surface area contributed by atoms with E-state index in [-0.39, 0.29) is 4.87 Å². The van der Waals surface area contributed by atoms with E-state index in [0.29, 0.717) is 5.41 Å². The summed E-state index contributed by atoms with van der Waals surface area (Å²) >= 11 is 6.18. The van der Waals surface area contributed by atoms with Crippen LogP contribution >= 0.6 is 11.6 Å². The van der Waals surface area contributed by atoms with E-state index in [0.717, 1.165) is 0 Å². The van der Waals surface area contributed by atoms with Crippen molar-refractivity contribution in [3.63, 3.8) is 0 Å². The van der Waals surface area contributed by atoms with Crippen molar-refractivity contribution in [1.82, 2.24) is 0 Å². The normalized spacial score (nSPS) is 36.8. The molecule has 0 heterocycles. The fraction of sp³-hybridized carbons (Fsp3) is 1.00. The second-order valence-corrected chi connectivity index (χ2v) is 4.25. The molecule has 0 saturated heterocycles. The van der Waals surface area contributed by atoms with Gasteiger partial charge in [0.05, 0.1) is 4.87 Å². The molecule has 0 bridgehead atoms. The van der Waals surface area contributed by atoms with Gasteiger partial charge in [-0.05, 0) is 31.1 Å². The predicted octanol–water partition coefficient (Wildman–Crippen LogP) is 2.56. The van der Waals surface area contributed by atoms with Gasteiger partial charge in [0.1, 0.15) is 0 Å². The van der Waals surface area contributed by atoms with Crippen LogP contribution in [0.4, 0.5) is 0 Å². The van der Waals surface area contributed by atoms with Crippen molar-refractivity contribution in [2.45, 2.75) is 37.5 Å². The maximum absolute atomic E-state index is 6.18. The average molecular weight is 131 g/mol. The van der Waals surface area contributed by atoms with Crippen molar-refractivity contribution in [3.05, 3.63) is 0 Å². The van der Waals surface area contributed by atoms with E-state index in [2.05, 4.69) is 6.92 Å². The van der Waals surface area contributed by atoms with E-state index < -0.39 is 0 Å². The molecular formula is C7H11Cl. The topological polar surface area (TPSA) is 0 Å². The first-order chi connectivity index (χ1) is 3.66. The Morgan fingerprint density at radius 2 is 1.62 bits per heavy atom. The third-order valence-electron chi connectivity index (χ3n) is 2.77. The maximum Gasteiger partial charge on any atom is 0.0501 e. The van der Waals surface area contributed by atoms with Crippen LogP contribution in [0, 0.1) is 5.41 Å². The van der Waals surface area contributed by atoms with Crippen molar-refractivity contribution >= 4 is 11.6 Å². The molecule has 0 aromatic heterocycles. The zero-order valence-corrected chi connectivity index (χ0v) is 5.96. The molecule has 0 amide bonds. The number of halogens is 1. The van der Waals surface area contributed by atoms with Crippen LogP contribution in [-0.2, 0) is 0 Å². The number of hydrogen-bond acceptors (Lipinski definition) is 0. The highest BCUT2D eigenvalue weighted by Crippen LogP contribution is 2.67. The summed E-state index contributed by atoms with van der Waals surface area (Å²) in [7, 11) is 0. The summed E-state index contributed by atoms with van der Waals surface area (Å²) in [5, 5.41) is 0. The highest BCUT2D eigenvalue weighted by Gasteiger charge is 2.61. The van der Waals surface area contributed by atoms with Crippen molar-refractivity contribution in [2.75, 3.05) is 0 Å². The van der Waals surface area contributed by atoms with Gasteiger partial charge in [0.25, 0.3) is 0 Å². The van der Waals surface area contributed by atoms with Gasteiger partial charge in [-0.25, -0.2) is 0 Å². The van der Waals surface area contributed by atoms with E-state index in [9.17, 15) is 0 Å². The summed E-state index contributed by atoms with van der Waals surface area (Å²) in [6, 6.07) is 0. The number of hydrogen-bond donors (Lipinski definition) is 0. The fourth-order valence-electron chi connectivity index (χ4n) is 1.35. The van der Waals surface area contributed by atoms with E-state index >= 15 is 0 Å². The quantitative estimate of drug-likeness (QED) is 0.479. The van der Waals surface area contributed by atoms with Crippen molar-refractivity contribution in [3.8, 4) is 0 Å². The largest absolute Gasteiger partial charge is 0.119 e. The molecule has 2 aliphatic rings. The van der Waals surface area contributed by atoms with Gasteiger partial charge >= 0.3 is 0 Å². The van der Waals surface area contributed by atoms with Gasteiger partial charge in [-0.15, -0.1) is 11.6 Å². The molecule has 0 N–H and O–H groups in total. The molecule has 0 radical (unpaired) electrons. The summed E-state index contributed by atoms with van der Waals surface area (Å²) in [6.07, 6.45) is 5.28. The highest BCUT2D eigenvalue weighted by molar-refractivity contribution is 6.26. The van der Waals surface area contributed by atoms with Crippen LogP contribution in [0.25, 0.3) is 0 Å². The van der Waals surface area contributed by atoms with Crippen LogP contribution in [0.5, 0.6) is 0 Å². The van der Waals surface area contributed by atoms with Crippen molar-refractivity contribution in [1.29, 1.82) is 0 Å². The first-order valence-corrected chi connectivity index (χ1v) is 3.73. The Hall–Kier alpha value is 0.290. The number of alkyl halides is 1. The molecular weight excluding hydrogens is 120 g/mol. The molecule has 0 spiro atoms. The van der Waals surface area contributed by atoms with Crippen molar-refractivity contribution in [2.24, 2.45) is 5.41 Å². The van der Waals surface area contributed by atoms with Crippen LogP contribution in [0.2, 0.25) is 0 Å². The second kappa shape index (κ2) is 1.09. The fourth-order valence-corrected chi connectivity index (χ4v) is 1.63. The minimum Gasteiger partial charge on any atom is -0.119 e. The van der Waals surface area contributed by atoms with Crippen LogP contribution in [0.3, 0.4) is 0 Å². The zero-order valence-electron chi connectivity index (χ0n) is 5.21. The lowest BCUT2D eigenvalue weighted by Gasteiger charge is -2.12. The van der Waals surface area contributed by atoms with Gasteiger partial charge < -0.3 is 0 Å². The first kappa shape index (κ1) is 5.10. The molecule has 2 rings (SSSR count). The molecule has 2 aliphatic carbocycles. The third-order valence-corrected chi connectivity index (χ3v) is 3.60. The van der Waals surface area contributed by atoms with Gasteiger partial charge in [0, 0.05) is 0 Å². The Labute approximate surface area is 55.2 Å². The molecule has 2 fully saturated rings. The standard InChI is InChI=1S/C7H11Cl/c1-6(2-3-6)7(8)4-5-7/h2-5H2,1H3. The third kappa shape index (κ3) is 0.473. The van der Waals surface area contributed by atoms with E-state index in [1.807, 2.05) is 0 Å². The Kier molecular flexibility index (Phi) is 0.694. The molecule has 2 saturated carbocycles. The van der Waals surface area contributed by atoms with Gasteiger partial charge in [-0.2, -0.15) is 0 Å². The summed E-state index contributed by atoms with van der Waals surface area (Å²) in [6.45, 7) is 2.31. The molecule has 0 aromatic rings. The molecule has 0 unspecified atom stereocenters. The molecule has 46 valence electrons. The zero-order chi connectivity index (χ0) is 5.83. The van der Waals surface area contributed by atoms with Crippen LogP contribution in [-0.4, -0.2) is 4.87 Å². The molecule has 0 aromatic carbocycles. The summed E-state index contributed by atoms with van der Waals surface area (Å²) in [5.41, 5.74) is 0.564. The van der Waals surface area contributed by atoms with Gasteiger partial charge in [-0.3, -0.25) is 0 Å². The maximum atomic E-state index is 6.18. The van der Waals surface area contributed by atoms with Gasteiger partial charge in [0.2, 0.25) is 0 Å². The molecule has 1 heteroatoms. The highest BCUT2D eigenvalue weighted by atomic mass is 35.5. The predicted molar refractivity (Wildman–Crippen MR) is 35.2 cm³/mol. The molecule has 8 heavy (non-hydrogen) atoms. The molecule has 0 nitrogen and oxygen atoms in total. The Balaban J connectivity index is 2.15. The lowest BCUT2D eigenvalue weighted by molar-refractivity contribution is 0.521. The van der Waals surface area contributed by atoms with Crippen LogP contribution in [0.1, 0.15) is 32.6 Å². The van der Waals surface area contributed by atoms with E-state index in [4.69, 9.17) is 11.6 Å². The van der Waals surface area contributed by atoms with E-state index in [1.165, 1.54) is 25.7 Å². The van der Waals surface area contributed by atoms with E-state index in [1.54, 1.807) is 0 Å². The Bertz CT molecular complexity index is 104.